The highest BCUT2D eigenvalue weighted by molar-refractivity contribution is 5.92. The topological polar surface area (TPSA) is 41.1 Å². The highest BCUT2D eigenvalue weighted by Gasteiger charge is 2.17. The quantitative estimate of drug-likeness (QED) is 0.861. The molecule has 0 bridgehead atoms. The number of fused-ring (bicyclic) bond motifs is 1. The smallest absolute Gasteiger partial charge is 0.224 e. The van der Waals surface area contributed by atoms with Crippen molar-refractivity contribution in [3.63, 3.8) is 0 Å². The maximum atomic E-state index is 11.5. The van der Waals surface area contributed by atoms with Crippen LogP contribution in [-0.2, 0) is 11.2 Å². The van der Waals surface area contributed by atoms with Crippen molar-refractivity contribution in [2.24, 2.45) is 5.92 Å². The Morgan fingerprint density at radius 2 is 2.06 bits per heavy atom. The Labute approximate surface area is 109 Å². The summed E-state index contributed by atoms with van der Waals surface area (Å²) in [5.74, 6) is 0.684. The average Bonchev–Trinajstić information content (AvgIpc) is 2.50. The molecule has 0 aliphatic carbocycles. The molecule has 1 aliphatic rings. The van der Waals surface area contributed by atoms with Gasteiger partial charge in [0, 0.05) is 18.2 Å². The number of benzene rings is 1. The van der Waals surface area contributed by atoms with Crippen LogP contribution in [0.25, 0.3) is 0 Å². The Morgan fingerprint density at radius 3 is 2.72 bits per heavy atom. The van der Waals surface area contributed by atoms with E-state index < -0.39 is 0 Å². The van der Waals surface area contributed by atoms with Gasteiger partial charge in [0.15, 0.2) is 0 Å². The minimum Gasteiger partial charge on any atom is -0.326 e. The van der Waals surface area contributed by atoms with E-state index in [4.69, 9.17) is 0 Å². The van der Waals surface area contributed by atoms with Gasteiger partial charge in [-0.1, -0.05) is 26.0 Å². The molecule has 2 N–H and O–H groups in total. The number of hydrogen-bond acceptors (Lipinski definition) is 2. The largest absolute Gasteiger partial charge is 0.326 e. The van der Waals surface area contributed by atoms with Gasteiger partial charge in [0.25, 0.3) is 0 Å². The molecule has 1 atom stereocenters. The summed E-state index contributed by atoms with van der Waals surface area (Å²) in [6.45, 7) is 4.43. The maximum absolute atomic E-state index is 11.5. The first-order valence-electron chi connectivity index (χ1n) is 6.71. The number of carbonyl (C=O) groups excluding carboxylic acids is 1. The lowest BCUT2D eigenvalue weighted by Gasteiger charge is -2.22. The molecule has 0 fully saturated rings. The van der Waals surface area contributed by atoms with Crippen LogP contribution in [0.5, 0.6) is 0 Å². The van der Waals surface area contributed by atoms with E-state index in [9.17, 15) is 4.79 Å². The first-order valence-corrected chi connectivity index (χ1v) is 6.71. The number of carbonyl (C=O) groups is 1. The zero-order chi connectivity index (χ0) is 13.1. The van der Waals surface area contributed by atoms with E-state index in [1.807, 2.05) is 13.1 Å². The van der Waals surface area contributed by atoms with Crippen LogP contribution in [0.4, 0.5) is 5.69 Å². The fraction of sp³-hybridized carbons (Fsp3) is 0.533. The van der Waals surface area contributed by atoms with Crippen LogP contribution < -0.4 is 10.6 Å². The lowest BCUT2D eigenvalue weighted by molar-refractivity contribution is -0.116. The molecule has 3 heteroatoms. The van der Waals surface area contributed by atoms with E-state index >= 15 is 0 Å². The third-order valence-corrected chi connectivity index (χ3v) is 3.59. The van der Waals surface area contributed by atoms with Crippen molar-refractivity contribution >= 4 is 11.6 Å². The summed E-state index contributed by atoms with van der Waals surface area (Å²) in [5.41, 5.74) is 3.56. The van der Waals surface area contributed by atoms with Gasteiger partial charge in [-0.2, -0.15) is 0 Å². The first kappa shape index (κ1) is 13.1. The highest BCUT2D eigenvalue weighted by atomic mass is 16.1. The summed E-state index contributed by atoms with van der Waals surface area (Å²) in [5, 5.41) is 6.34. The minimum atomic E-state index is 0.135. The molecule has 1 aromatic carbocycles. The van der Waals surface area contributed by atoms with Crippen molar-refractivity contribution < 1.29 is 4.79 Å². The van der Waals surface area contributed by atoms with Gasteiger partial charge in [0.1, 0.15) is 0 Å². The monoisotopic (exact) mass is 246 g/mol. The van der Waals surface area contributed by atoms with E-state index in [0.29, 0.717) is 18.4 Å². The third kappa shape index (κ3) is 2.72. The normalized spacial score (nSPS) is 17.0. The van der Waals surface area contributed by atoms with Crippen molar-refractivity contribution in [3.8, 4) is 0 Å². The maximum Gasteiger partial charge on any atom is 0.224 e. The van der Waals surface area contributed by atoms with Crippen molar-refractivity contribution in [1.82, 2.24) is 5.32 Å². The van der Waals surface area contributed by atoms with E-state index in [-0.39, 0.29) is 5.91 Å². The summed E-state index contributed by atoms with van der Waals surface area (Å²) >= 11 is 0. The highest BCUT2D eigenvalue weighted by Crippen LogP contribution is 2.28. The van der Waals surface area contributed by atoms with Crippen LogP contribution in [0.15, 0.2) is 18.2 Å². The first-order chi connectivity index (χ1) is 8.61. The van der Waals surface area contributed by atoms with Crippen LogP contribution in [0.3, 0.4) is 0 Å². The number of nitrogens with one attached hydrogen (secondary N) is 2. The van der Waals surface area contributed by atoms with Gasteiger partial charge in [-0.3, -0.25) is 4.79 Å². The number of rotatable bonds is 3. The lowest BCUT2D eigenvalue weighted by atomic mass is 9.93. The van der Waals surface area contributed by atoms with E-state index in [0.717, 1.165) is 18.5 Å². The second-order valence-electron chi connectivity index (χ2n) is 5.33. The van der Waals surface area contributed by atoms with Crippen molar-refractivity contribution in [2.75, 3.05) is 12.4 Å². The van der Waals surface area contributed by atoms with Gasteiger partial charge in [-0.05, 0) is 43.0 Å². The molecular weight excluding hydrogens is 224 g/mol. The Hall–Kier alpha value is -1.35. The molecule has 0 saturated heterocycles. The van der Waals surface area contributed by atoms with E-state index in [1.165, 1.54) is 11.1 Å². The van der Waals surface area contributed by atoms with Crippen LogP contribution >= 0.6 is 0 Å². The summed E-state index contributed by atoms with van der Waals surface area (Å²) in [4.78, 5) is 11.5. The molecule has 1 aliphatic heterocycles. The average molecular weight is 246 g/mol. The summed E-state index contributed by atoms with van der Waals surface area (Å²) < 4.78 is 0. The second kappa shape index (κ2) is 5.53. The Balaban J connectivity index is 2.31. The molecular formula is C15H22N2O. The molecule has 0 aromatic heterocycles. The lowest BCUT2D eigenvalue weighted by Crippen LogP contribution is -2.22. The molecule has 3 nitrogen and oxygen atoms in total. The van der Waals surface area contributed by atoms with Crippen LogP contribution in [0.1, 0.15) is 43.9 Å². The molecule has 1 amide bonds. The van der Waals surface area contributed by atoms with E-state index in [1.54, 1.807) is 0 Å². The van der Waals surface area contributed by atoms with Gasteiger partial charge in [0.05, 0.1) is 0 Å². The van der Waals surface area contributed by atoms with Crippen LogP contribution in [0.2, 0.25) is 0 Å². The van der Waals surface area contributed by atoms with E-state index in [2.05, 4.69) is 36.6 Å². The molecule has 2 rings (SSSR count). The molecule has 1 aromatic rings. The number of anilines is 1. The van der Waals surface area contributed by atoms with Crippen molar-refractivity contribution in [3.05, 3.63) is 29.3 Å². The summed E-state index contributed by atoms with van der Waals surface area (Å²) in [6, 6.07) is 6.77. The standard InChI is InChI=1S/C15H22N2O/c1-10(2)15(16-3)12-7-8-13-11(9-12)5-4-6-14(18)17-13/h7-10,15-16H,4-6H2,1-3H3,(H,17,18). The van der Waals surface area contributed by atoms with Crippen molar-refractivity contribution in [1.29, 1.82) is 0 Å². The molecule has 0 saturated carbocycles. The zero-order valence-electron chi connectivity index (χ0n) is 11.4. The number of aryl methyl sites for hydroxylation is 1. The molecule has 1 heterocycles. The van der Waals surface area contributed by atoms with Gasteiger partial charge < -0.3 is 10.6 Å². The third-order valence-electron chi connectivity index (χ3n) is 3.59. The fourth-order valence-corrected chi connectivity index (χ4v) is 2.67. The SMILES string of the molecule is CNC(c1ccc2c(c1)CCCC(=O)N2)C(C)C. The Bertz CT molecular complexity index is 440. The number of hydrogen-bond donors (Lipinski definition) is 2. The van der Waals surface area contributed by atoms with Crippen LogP contribution in [0, 0.1) is 5.92 Å². The second-order valence-corrected chi connectivity index (χ2v) is 5.33. The van der Waals surface area contributed by atoms with Gasteiger partial charge in [-0.15, -0.1) is 0 Å². The van der Waals surface area contributed by atoms with Gasteiger partial charge in [-0.25, -0.2) is 0 Å². The molecule has 0 spiro atoms. The summed E-state index contributed by atoms with van der Waals surface area (Å²) in [6.07, 6.45) is 2.55. The molecule has 1 unspecified atom stereocenters. The molecule has 0 radical (unpaired) electrons. The van der Waals surface area contributed by atoms with Gasteiger partial charge in [0.2, 0.25) is 5.91 Å². The summed E-state index contributed by atoms with van der Waals surface area (Å²) in [7, 11) is 2.00. The van der Waals surface area contributed by atoms with Crippen LogP contribution in [-0.4, -0.2) is 13.0 Å². The zero-order valence-corrected chi connectivity index (χ0v) is 11.4. The molecule has 98 valence electrons. The number of amides is 1. The minimum absolute atomic E-state index is 0.135. The predicted octanol–water partition coefficient (Wildman–Crippen LogP) is 2.88. The fourth-order valence-electron chi connectivity index (χ4n) is 2.67. The van der Waals surface area contributed by atoms with Crippen molar-refractivity contribution in [2.45, 2.75) is 39.2 Å². The predicted molar refractivity (Wildman–Crippen MR) is 74.6 cm³/mol. The van der Waals surface area contributed by atoms with Gasteiger partial charge >= 0.3 is 0 Å². The Kier molecular flexibility index (Phi) is 4.02. The molecule has 18 heavy (non-hydrogen) atoms. The Morgan fingerprint density at radius 1 is 1.28 bits per heavy atom.